The number of alkyl halides is 2. The minimum atomic E-state index is -2.80. The zero-order valence-corrected chi connectivity index (χ0v) is 14.4. The summed E-state index contributed by atoms with van der Waals surface area (Å²) in [4.78, 5) is 6.70. The van der Waals surface area contributed by atoms with Gasteiger partial charge in [-0.25, -0.2) is 0 Å². The fourth-order valence-corrected chi connectivity index (χ4v) is 2.40. The highest BCUT2D eigenvalue weighted by Crippen LogP contribution is 2.26. The lowest BCUT2D eigenvalue weighted by atomic mass is 9.89. The molecule has 0 saturated carbocycles. The summed E-state index contributed by atoms with van der Waals surface area (Å²) in [5.74, 6) is 0.980. The van der Waals surface area contributed by atoms with Crippen LogP contribution in [0.3, 0.4) is 0 Å². The van der Waals surface area contributed by atoms with Gasteiger partial charge in [0, 0.05) is 25.6 Å². The molecule has 0 aliphatic carbocycles. The molecule has 1 fully saturated rings. The first-order valence-corrected chi connectivity index (χ1v) is 8.03. The molecule has 1 saturated heterocycles. The number of nitrogens with one attached hydrogen (secondary N) is 1. The molecule has 1 aromatic carbocycles. The molecule has 0 bridgehead atoms. The molecule has 1 N–H and O–H groups in total. The Balaban J connectivity index is 1.96. The van der Waals surface area contributed by atoms with E-state index in [4.69, 9.17) is 4.74 Å². The molecule has 0 amide bonds. The van der Waals surface area contributed by atoms with Crippen molar-refractivity contribution in [2.24, 2.45) is 10.4 Å². The van der Waals surface area contributed by atoms with Gasteiger partial charge in [0.25, 0.3) is 0 Å². The van der Waals surface area contributed by atoms with Crippen molar-refractivity contribution in [2.75, 3.05) is 33.4 Å². The average Bonchev–Trinajstić information content (AvgIpc) is 2.51. The largest absolute Gasteiger partial charge is 0.435 e. The lowest BCUT2D eigenvalue weighted by Crippen LogP contribution is -2.44. The normalized spacial score (nSPS) is 16.7. The molecule has 5 nitrogen and oxygen atoms in total. The van der Waals surface area contributed by atoms with E-state index < -0.39 is 6.61 Å². The Bertz CT molecular complexity index is 545. The molecule has 2 rings (SSSR count). The van der Waals surface area contributed by atoms with E-state index in [1.165, 1.54) is 0 Å². The van der Waals surface area contributed by atoms with Crippen LogP contribution in [0.4, 0.5) is 8.78 Å². The van der Waals surface area contributed by atoms with Crippen LogP contribution in [0.2, 0.25) is 0 Å². The summed E-state index contributed by atoms with van der Waals surface area (Å²) in [7, 11) is 1.95. The van der Waals surface area contributed by atoms with Crippen LogP contribution in [0, 0.1) is 5.41 Å². The van der Waals surface area contributed by atoms with Crippen LogP contribution < -0.4 is 10.1 Å². The van der Waals surface area contributed by atoms with Gasteiger partial charge in [-0.05, 0) is 24.6 Å². The predicted octanol–water partition coefficient (Wildman–Crippen LogP) is 2.72. The van der Waals surface area contributed by atoms with E-state index in [0.29, 0.717) is 13.1 Å². The molecule has 1 aliphatic rings. The summed E-state index contributed by atoms with van der Waals surface area (Å²) in [6, 6.07) is 6.65. The molecule has 1 aliphatic heterocycles. The smallest absolute Gasteiger partial charge is 0.387 e. The Kier molecular flexibility index (Phi) is 6.36. The first kappa shape index (κ1) is 18.4. The van der Waals surface area contributed by atoms with E-state index in [-0.39, 0.29) is 11.2 Å². The van der Waals surface area contributed by atoms with Crippen LogP contribution in [0.5, 0.6) is 5.75 Å². The summed E-state index contributed by atoms with van der Waals surface area (Å²) in [5, 5.41) is 3.27. The number of guanidine groups is 1. The molecule has 1 aromatic rings. The predicted molar refractivity (Wildman–Crippen MR) is 89.4 cm³/mol. The first-order valence-electron chi connectivity index (χ1n) is 8.03. The maximum absolute atomic E-state index is 12.2. The number of halogens is 2. The number of benzene rings is 1. The van der Waals surface area contributed by atoms with Gasteiger partial charge in [0.15, 0.2) is 5.96 Å². The highest BCUT2D eigenvalue weighted by atomic mass is 19.3. The van der Waals surface area contributed by atoms with Crippen LogP contribution in [0.25, 0.3) is 0 Å². The SMILES string of the molecule is CCNC(=NCC1(C)COC1)N(C)Cc1ccc(OC(F)F)cc1. The summed E-state index contributed by atoms with van der Waals surface area (Å²) in [6.45, 7) is 4.96. The third-order valence-corrected chi connectivity index (χ3v) is 3.78. The number of nitrogens with zero attached hydrogens (tertiary/aromatic N) is 2. The second-order valence-corrected chi connectivity index (χ2v) is 6.35. The van der Waals surface area contributed by atoms with Crippen molar-refractivity contribution >= 4 is 5.96 Å². The summed E-state index contributed by atoms with van der Waals surface area (Å²) >= 11 is 0. The molecule has 7 heteroatoms. The van der Waals surface area contributed by atoms with Gasteiger partial charge in [0.05, 0.1) is 19.8 Å². The topological polar surface area (TPSA) is 46.1 Å². The van der Waals surface area contributed by atoms with Crippen molar-refractivity contribution in [3.05, 3.63) is 29.8 Å². The van der Waals surface area contributed by atoms with Gasteiger partial charge < -0.3 is 19.7 Å². The Hall–Kier alpha value is -1.89. The molecular formula is C17H25F2N3O2. The number of hydrogen-bond acceptors (Lipinski definition) is 3. The minimum Gasteiger partial charge on any atom is -0.435 e. The van der Waals surface area contributed by atoms with E-state index in [2.05, 4.69) is 22.0 Å². The average molecular weight is 341 g/mol. The van der Waals surface area contributed by atoms with E-state index in [1.54, 1.807) is 24.3 Å². The molecule has 0 atom stereocenters. The van der Waals surface area contributed by atoms with Gasteiger partial charge in [0.2, 0.25) is 0 Å². The van der Waals surface area contributed by atoms with Crippen molar-refractivity contribution in [3.63, 3.8) is 0 Å². The maximum atomic E-state index is 12.2. The van der Waals surface area contributed by atoms with Crippen LogP contribution in [0.15, 0.2) is 29.3 Å². The highest BCUT2D eigenvalue weighted by molar-refractivity contribution is 5.79. The zero-order valence-electron chi connectivity index (χ0n) is 14.4. The van der Waals surface area contributed by atoms with Gasteiger partial charge in [-0.15, -0.1) is 0 Å². The maximum Gasteiger partial charge on any atom is 0.387 e. The van der Waals surface area contributed by atoms with Crippen molar-refractivity contribution in [3.8, 4) is 5.75 Å². The Morgan fingerprint density at radius 1 is 1.38 bits per heavy atom. The van der Waals surface area contributed by atoms with Gasteiger partial charge >= 0.3 is 6.61 Å². The number of rotatable bonds is 7. The van der Waals surface area contributed by atoms with Crippen LogP contribution in [0.1, 0.15) is 19.4 Å². The number of ether oxygens (including phenoxy) is 2. The molecular weight excluding hydrogens is 316 g/mol. The van der Waals surface area contributed by atoms with Gasteiger partial charge in [-0.3, -0.25) is 4.99 Å². The Labute approximate surface area is 141 Å². The van der Waals surface area contributed by atoms with Crippen LogP contribution in [-0.4, -0.2) is 50.8 Å². The molecule has 0 radical (unpaired) electrons. The lowest BCUT2D eigenvalue weighted by molar-refractivity contribution is -0.0946. The van der Waals surface area contributed by atoms with Crippen molar-refractivity contribution in [2.45, 2.75) is 27.0 Å². The summed E-state index contributed by atoms with van der Waals surface area (Å²) in [5.41, 5.74) is 1.11. The van der Waals surface area contributed by atoms with Crippen molar-refractivity contribution < 1.29 is 18.3 Å². The standard InChI is InChI=1S/C17H25F2N3O2/c1-4-20-16(21-10-17(2)11-23-12-17)22(3)9-13-5-7-14(8-6-13)24-15(18)19/h5-8,15H,4,9-12H2,1-3H3,(H,20,21). The third kappa shape index (κ3) is 5.33. The number of aliphatic imine (C=N–C) groups is 1. The van der Waals surface area contributed by atoms with Crippen LogP contribution >= 0.6 is 0 Å². The molecule has 1 heterocycles. The zero-order chi connectivity index (χ0) is 17.6. The second kappa shape index (κ2) is 8.28. The fourth-order valence-electron chi connectivity index (χ4n) is 2.40. The monoisotopic (exact) mass is 341 g/mol. The van der Waals surface area contributed by atoms with Crippen molar-refractivity contribution in [1.82, 2.24) is 10.2 Å². The van der Waals surface area contributed by atoms with E-state index in [9.17, 15) is 8.78 Å². The van der Waals surface area contributed by atoms with Crippen molar-refractivity contribution in [1.29, 1.82) is 0 Å². The van der Waals surface area contributed by atoms with Gasteiger partial charge in [-0.2, -0.15) is 8.78 Å². The Morgan fingerprint density at radius 3 is 2.54 bits per heavy atom. The molecule has 0 unspecified atom stereocenters. The molecule has 0 spiro atoms. The van der Waals surface area contributed by atoms with E-state index in [1.807, 2.05) is 18.9 Å². The first-order chi connectivity index (χ1) is 11.4. The van der Waals surface area contributed by atoms with Gasteiger partial charge in [0.1, 0.15) is 5.75 Å². The second-order valence-electron chi connectivity index (χ2n) is 6.35. The molecule has 24 heavy (non-hydrogen) atoms. The van der Waals surface area contributed by atoms with E-state index >= 15 is 0 Å². The fraction of sp³-hybridized carbons (Fsp3) is 0.588. The molecule has 134 valence electrons. The summed E-state index contributed by atoms with van der Waals surface area (Å²) < 4.78 is 34.0. The summed E-state index contributed by atoms with van der Waals surface area (Å²) in [6.07, 6.45) is 0. The lowest BCUT2D eigenvalue weighted by Gasteiger charge is -2.37. The highest BCUT2D eigenvalue weighted by Gasteiger charge is 2.33. The molecule has 0 aromatic heterocycles. The van der Waals surface area contributed by atoms with Gasteiger partial charge in [-0.1, -0.05) is 19.1 Å². The Morgan fingerprint density at radius 2 is 2.04 bits per heavy atom. The number of hydrogen-bond donors (Lipinski definition) is 1. The minimum absolute atomic E-state index is 0.121. The van der Waals surface area contributed by atoms with E-state index in [0.717, 1.165) is 31.3 Å². The van der Waals surface area contributed by atoms with Crippen LogP contribution in [-0.2, 0) is 11.3 Å². The quantitative estimate of drug-likeness (QED) is 0.612. The third-order valence-electron chi connectivity index (χ3n) is 3.78.